The van der Waals surface area contributed by atoms with Gasteiger partial charge in [0.15, 0.2) is 0 Å². The first kappa shape index (κ1) is 22.7. The minimum Gasteiger partial charge on any atom is -0.383 e. The molecular weight excluding hydrogens is 390 g/mol. The lowest BCUT2D eigenvalue weighted by atomic mass is 10.1. The zero-order valence-electron chi connectivity index (χ0n) is 17.3. The van der Waals surface area contributed by atoms with Crippen molar-refractivity contribution in [3.05, 3.63) is 58.6 Å². The van der Waals surface area contributed by atoms with Crippen molar-refractivity contribution < 1.29 is 14.3 Å². The predicted molar refractivity (Wildman–Crippen MR) is 118 cm³/mol. The normalized spacial score (nSPS) is 10.7. The molecule has 2 rings (SSSR count). The molecule has 2 N–H and O–H groups in total. The number of methoxy groups -OCH3 is 1. The summed E-state index contributed by atoms with van der Waals surface area (Å²) in [5.41, 5.74) is 2.49. The van der Waals surface area contributed by atoms with Gasteiger partial charge in [0.25, 0.3) is 11.8 Å². The van der Waals surface area contributed by atoms with Gasteiger partial charge in [-0.2, -0.15) is 0 Å². The van der Waals surface area contributed by atoms with Crippen LogP contribution in [0.2, 0.25) is 5.02 Å². The van der Waals surface area contributed by atoms with Gasteiger partial charge in [-0.15, -0.1) is 0 Å². The van der Waals surface area contributed by atoms with Gasteiger partial charge in [0.05, 0.1) is 17.2 Å². The van der Waals surface area contributed by atoms with Crippen molar-refractivity contribution in [1.29, 1.82) is 0 Å². The van der Waals surface area contributed by atoms with Crippen LogP contribution in [0.4, 0.5) is 11.4 Å². The van der Waals surface area contributed by atoms with Crippen LogP contribution >= 0.6 is 11.6 Å². The molecule has 0 atom stereocenters. The Balaban J connectivity index is 2.05. The molecule has 0 aromatic heterocycles. The van der Waals surface area contributed by atoms with E-state index in [1.807, 2.05) is 12.1 Å². The van der Waals surface area contributed by atoms with Crippen LogP contribution in [-0.4, -0.2) is 44.7 Å². The number of rotatable bonds is 9. The maximum atomic E-state index is 12.5. The molecule has 156 valence electrons. The fraction of sp³-hybridized carbons (Fsp3) is 0.364. The van der Waals surface area contributed by atoms with Crippen LogP contribution in [0.15, 0.2) is 42.5 Å². The zero-order valence-corrected chi connectivity index (χ0v) is 18.0. The molecule has 29 heavy (non-hydrogen) atoms. The number of anilines is 2. The molecule has 0 fully saturated rings. The van der Waals surface area contributed by atoms with E-state index in [1.54, 1.807) is 37.4 Å². The highest BCUT2D eigenvalue weighted by Gasteiger charge is 2.13. The summed E-state index contributed by atoms with van der Waals surface area (Å²) in [5.74, 6) is -0.524. The van der Waals surface area contributed by atoms with E-state index in [1.165, 1.54) is 0 Å². The highest BCUT2D eigenvalue weighted by atomic mass is 35.5. The maximum Gasteiger partial charge on any atom is 0.255 e. The largest absolute Gasteiger partial charge is 0.383 e. The number of amides is 2. The summed E-state index contributed by atoms with van der Waals surface area (Å²) < 4.78 is 4.90. The van der Waals surface area contributed by atoms with Crippen LogP contribution in [0.1, 0.15) is 41.5 Å². The average Bonchev–Trinajstić information content (AvgIpc) is 2.69. The zero-order chi connectivity index (χ0) is 21.4. The second kappa shape index (κ2) is 10.8. The Bertz CT molecular complexity index is 838. The number of ether oxygens (including phenoxy) is 1. The molecule has 0 heterocycles. The molecule has 7 heteroatoms. The Morgan fingerprint density at radius 3 is 2.34 bits per heavy atom. The maximum absolute atomic E-state index is 12.5. The first-order valence-electron chi connectivity index (χ1n) is 9.62. The number of hydrogen-bond acceptors (Lipinski definition) is 4. The van der Waals surface area contributed by atoms with Crippen LogP contribution in [0.3, 0.4) is 0 Å². The monoisotopic (exact) mass is 417 g/mol. The van der Waals surface area contributed by atoms with Gasteiger partial charge in [-0.3, -0.25) is 9.59 Å². The Kier molecular flexibility index (Phi) is 8.49. The van der Waals surface area contributed by atoms with Crippen molar-refractivity contribution in [2.24, 2.45) is 0 Å². The Labute approximate surface area is 177 Å². The van der Waals surface area contributed by atoms with Gasteiger partial charge >= 0.3 is 0 Å². The predicted octanol–water partition coefficient (Wildman–Crippen LogP) is 4.20. The lowest BCUT2D eigenvalue weighted by molar-refractivity contribution is 0.0936. The highest BCUT2D eigenvalue weighted by molar-refractivity contribution is 6.34. The number of nitrogens with one attached hydrogen (secondary N) is 2. The van der Waals surface area contributed by atoms with E-state index in [0.29, 0.717) is 36.0 Å². The number of benzene rings is 2. The van der Waals surface area contributed by atoms with Gasteiger partial charge in [0, 0.05) is 43.2 Å². The summed E-state index contributed by atoms with van der Waals surface area (Å²) in [6.07, 6.45) is 0. The van der Waals surface area contributed by atoms with Crippen molar-refractivity contribution in [3.63, 3.8) is 0 Å². The number of halogens is 1. The third kappa shape index (κ3) is 6.21. The molecule has 0 aliphatic heterocycles. The van der Waals surface area contributed by atoms with Crippen LogP contribution in [-0.2, 0) is 4.74 Å². The summed E-state index contributed by atoms with van der Waals surface area (Å²) >= 11 is 6.22. The van der Waals surface area contributed by atoms with Crippen LogP contribution < -0.4 is 15.5 Å². The minimum atomic E-state index is -0.286. The van der Waals surface area contributed by atoms with E-state index < -0.39 is 0 Å². The fourth-order valence-electron chi connectivity index (χ4n) is 2.99. The van der Waals surface area contributed by atoms with E-state index in [9.17, 15) is 9.59 Å². The van der Waals surface area contributed by atoms with Crippen molar-refractivity contribution in [1.82, 2.24) is 5.32 Å². The molecule has 0 radical (unpaired) electrons. The molecular formula is C22H28ClN3O3. The molecule has 0 aliphatic rings. The Morgan fingerprint density at radius 1 is 1.10 bits per heavy atom. The molecule has 0 unspecified atom stereocenters. The highest BCUT2D eigenvalue weighted by Crippen LogP contribution is 2.22. The van der Waals surface area contributed by atoms with Gasteiger partial charge in [0.2, 0.25) is 0 Å². The summed E-state index contributed by atoms with van der Waals surface area (Å²) in [5, 5.41) is 5.80. The first-order chi connectivity index (χ1) is 13.9. The van der Waals surface area contributed by atoms with Crippen molar-refractivity contribution >= 4 is 34.8 Å². The lowest BCUT2D eigenvalue weighted by Gasteiger charge is -2.27. The summed E-state index contributed by atoms with van der Waals surface area (Å²) in [4.78, 5) is 26.9. The van der Waals surface area contributed by atoms with E-state index in [-0.39, 0.29) is 16.8 Å². The molecule has 0 saturated heterocycles. The number of carbonyl (C=O) groups excluding carboxylic acids is 2. The quantitative estimate of drug-likeness (QED) is 0.600. The van der Waals surface area contributed by atoms with E-state index in [4.69, 9.17) is 16.3 Å². The third-order valence-electron chi connectivity index (χ3n) is 4.49. The van der Waals surface area contributed by atoms with Gasteiger partial charge < -0.3 is 20.3 Å². The lowest BCUT2D eigenvalue weighted by Crippen LogP contribution is -2.30. The van der Waals surface area contributed by atoms with E-state index in [2.05, 4.69) is 36.3 Å². The van der Waals surface area contributed by atoms with Gasteiger partial charge in [-0.1, -0.05) is 11.6 Å². The van der Waals surface area contributed by atoms with Crippen molar-refractivity contribution in [2.75, 3.05) is 37.0 Å². The molecule has 6 nitrogen and oxygen atoms in total. The SMILES string of the molecule is CCN(c1ccc(C(=O)Nc2ccc(C(=O)NCCOC)c(Cl)c2)cc1)C(C)C. The molecule has 0 spiro atoms. The van der Waals surface area contributed by atoms with E-state index >= 15 is 0 Å². The first-order valence-corrected chi connectivity index (χ1v) is 9.99. The topological polar surface area (TPSA) is 70.7 Å². The van der Waals surface area contributed by atoms with E-state index in [0.717, 1.165) is 12.2 Å². The van der Waals surface area contributed by atoms with Gasteiger partial charge in [-0.25, -0.2) is 0 Å². The Hall–Kier alpha value is -2.57. The summed E-state index contributed by atoms with van der Waals surface area (Å²) in [6.45, 7) is 8.08. The summed E-state index contributed by atoms with van der Waals surface area (Å²) in [7, 11) is 1.56. The summed E-state index contributed by atoms with van der Waals surface area (Å²) in [6, 6.07) is 12.7. The van der Waals surface area contributed by atoms with Crippen LogP contribution in [0.5, 0.6) is 0 Å². The van der Waals surface area contributed by atoms with Crippen LogP contribution in [0.25, 0.3) is 0 Å². The molecule has 2 aromatic carbocycles. The minimum absolute atomic E-state index is 0.238. The smallest absolute Gasteiger partial charge is 0.255 e. The average molecular weight is 418 g/mol. The molecule has 2 amide bonds. The number of hydrogen-bond donors (Lipinski definition) is 2. The van der Waals surface area contributed by atoms with Gasteiger partial charge in [-0.05, 0) is 63.2 Å². The second-order valence-corrected chi connectivity index (χ2v) is 7.23. The second-order valence-electron chi connectivity index (χ2n) is 6.82. The van der Waals surface area contributed by atoms with Crippen molar-refractivity contribution in [3.8, 4) is 0 Å². The standard InChI is InChI=1S/C22H28ClN3O3/c1-5-26(15(2)3)18-9-6-16(7-10-18)21(27)25-17-8-11-19(20(23)14-17)22(28)24-12-13-29-4/h6-11,14-15H,5,12-13H2,1-4H3,(H,24,28)(H,25,27). The number of nitrogens with zero attached hydrogens (tertiary/aromatic N) is 1. The molecule has 2 aromatic rings. The molecule has 0 aliphatic carbocycles. The van der Waals surface area contributed by atoms with Crippen molar-refractivity contribution in [2.45, 2.75) is 26.8 Å². The molecule has 0 saturated carbocycles. The van der Waals surface area contributed by atoms with Gasteiger partial charge in [0.1, 0.15) is 0 Å². The fourth-order valence-corrected chi connectivity index (χ4v) is 3.26. The number of carbonyl (C=O) groups is 2. The van der Waals surface area contributed by atoms with Crippen LogP contribution in [0, 0.1) is 0 Å². The molecule has 0 bridgehead atoms. The third-order valence-corrected chi connectivity index (χ3v) is 4.80. The Morgan fingerprint density at radius 2 is 1.79 bits per heavy atom.